The Morgan fingerprint density at radius 3 is 2.74 bits per heavy atom. The van der Waals surface area contributed by atoms with Gasteiger partial charge in [0.05, 0.1) is 12.4 Å². The minimum absolute atomic E-state index is 0.0523. The van der Waals surface area contributed by atoms with Gasteiger partial charge in [0, 0.05) is 13.2 Å². The number of carbonyl (C=O) groups is 1. The van der Waals surface area contributed by atoms with Crippen LogP contribution in [0.2, 0.25) is 0 Å². The molecule has 0 saturated heterocycles. The summed E-state index contributed by atoms with van der Waals surface area (Å²) in [7, 11) is 0. The summed E-state index contributed by atoms with van der Waals surface area (Å²) in [6.45, 7) is 1.06. The lowest BCUT2D eigenvalue weighted by Crippen LogP contribution is -2.24. The number of aromatic carboxylic acids is 1. The van der Waals surface area contributed by atoms with Crippen LogP contribution in [0, 0.1) is 11.8 Å². The number of nitrogens with one attached hydrogen (secondary N) is 1. The Balaban J connectivity index is 1.83. The van der Waals surface area contributed by atoms with Gasteiger partial charge >= 0.3 is 5.97 Å². The predicted molar refractivity (Wildman–Crippen MR) is 70.0 cm³/mol. The summed E-state index contributed by atoms with van der Waals surface area (Å²) in [5.41, 5.74) is -0.0523. The molecular weight excluding hydrogens is 246 g/mol. The van der Waals surface area contributed by atoms with Crippen LogP contribution in [-0.2, 0) is 0 Å². The summed E-state index contributed by atoms with van der Waals surface area (Å²) >= 11 is 0. The number of hydrogen-bond donors (Lipinski definition) is 3. The Labute approximate surface area is 111 Å². The maximum atomic E-state index is 10.6. The van der Waals surface area contributed by atoms with E-state index in [1.165, 1.54) is 12.4 Å². The van der Waals surface area contributed by atoms with Crippen molar-refractivity contribution in [3.63, 3.8) is 0 Å². The van der Waals surface area contributed by atoms with Gasteiger partial charge in [0.15, 0.2) is 5.69 Å². The molecule has 2 rings (SSSR count). The van der Waals surface area contributed by atoms with Crippen LogP contribution in [0.5, 0.6) is 0 Å². The molecule has 0 aliphatic heterocycles. The Bertz CT molecular complexity index is 422. The molecule has 0 unspecified atom stereocenters. The Hall–Kier alpha value is -1.69. The molecule has 1 aliphatic rings. The van der Waals surface area contributed by atoms with Gasteiger partial charge < -0.3 is 15.5 Å². The van der Waals surface area contributed by atoms with Crippen LogP contribution in [0.3, 0.4) is 0 Å². The van der Waals surface area contributed by atoms with Crippen LogP contribution in [0.1, 0.15) is 36.2 Å². The van der Waals surface area contributed by atoms with Crippen LogP contribution in [0.4, 0.5) is 5.82 Å². The van der Waals surface area contributed by atoms with E-state index in [0.29, 0.717) is 17.7 Å². The largest absolute Gasteiger partial charge is 0.476 e. The molecule has 19 heavy (non-hydrogen) atoms. The number of aliphatic hydroxyl groups is 1. The van der Waals surface area contributed by atoms with Gasteiger partial charge in [0.1, 0.15) is 5.82 Å². The fourth-order valence-corrected chi connectivity index (χ4v) is 2.53. The highest BCUT2D eigenvalue weighted by Gasteiger charge is 2.21. The molecule has 1 aliphatic carbocycles. The molecule has 0 aromatic carbocycles. The van der Waals surface area contributed by atoms with Crippen molar-refractivity contribution in [1.82, 2.24) is 9.97 Å². The van der Waals surface area contributed by atoms with Gasteiger partial charge in [-0.15, -0.1) is 0 Å². The molecule has 1 aromatic rings. The summed E-state index contributed by atoms with van der Waals surface area (Å²) in [4.78, 5) is 18.5. The SMILES string of the molecule is O=C(O)c1cnc(NC[C@H]2CCC[C@@H](CO)C2)cn1. The number of aliphatic hydroxyl groups excluding tert-OH is 1. The predicted octanol–water partition coefficient (Wildman–Crippen LogP) is 1.39. The highest BCUT2D eigenvalue weighted by molar-refractivity contribution is 5.84. The molecule has 1 saturated carbocycles. The topological polar surface area (TPSA) is 95.3 Å². The zero-order valence-corrected chi connectivity index (χ0v) is 10.7. The van der Waals surface area contributed by atoms with Crippen LogP contribution >= 0.6 is 0 Å². The minimum atomic E-state index is -1.07. The van der Waals surface area contributed by atoms with Crippen molar-refractivity contribution < 1.29 is 15.0 Å². The van der Waals surface area contributed by atoms with E-state index in [4.69, 9.17) is 5.11 Å². The van der Waals surface area contributed by atoms with E-state index < -0.39 is 5.97 Å². The van der Waals surface area contributed by atoms with Gasteiger partial charge in [-0.05, 0) is 31.1 Å². The van der Waals surface area contributed by atoms with Gasteiger partial charge in [-0.25, -0.2) is 14.8 Å². The molecule has 3 N–H and O–H groups in total. The molecule has 1 heterocycles. The van der Waals surface area contributed by atoms with Crippen molar-refractivity contribution in [1.29, 1.82) is 0 Å². The number of rotatable bonds is 5. The lowest BCUT2D eigenvalue weighted by Gasteiger charge is -2.28. The van der Waals surface area contributed by atoms with E-state index in [9.17, 15) is 9.90 Å². The van der Waals surface area contributed by atoms with Crippen molar-refractivity contribution in [3.05, 3.63) is 18.1 Å². The zero-order chi connectivity index (χ0) is 13.7. The number of hydrogen-bond acceptors (Lipinski definition) is 5. The van der Waals surface area contributed by atoms with Gasteiger partial charge in [-0.1, -0.05) is 6.42 Å². The van der Waals surface area contributed by atoms with Crippen molar-refractivity contribution in [3.8, 4) is 0 Å². The Morgan fingerprint density at radius 1 is 1.32 bits per heavy atom. The summed E-state index contributed by atoms with van der Waals surface area (Å²) in [6, 6.07) is 0. The summed E-state index contributed by atoms with van der Waals surface area (Å²) < 4.78 is 0. The zero-order valence-electron chi connectivity index (χ0n) is 10.7. The van der Waals surface area contributed by atoms with Crippen LogP contribution in [0.25, 0.3) is 0 Å². The first-order valence-electron chi connectivity index (χ1n) is 6.59. The van der Waals surface area contributed by atoms with Crippen molar-refractivity contribution in [2.75, 3.05) is 18.5 Å². The first-order valence-corrected chi connectivity index (χ1v) is 6.59. The quantitative estimate of drug-likeness (QED) is 0.744. The third-order valence-electron chi connectivity index (χ3n) is 3.59. The Morgan fingerprint density at radius 2 is 2.11 bits per heavy atom. The fourth-order valence-electron chi connectivity index (χ4n) is 2.53. The summed E-state index contributed by atoms with van der Waals surface area (Å²) in [5.74, 6) is 0.473. The van der Waals surface area contributed by atoms with Crippen molar-refractivity contribution in [2.45, 2.75) is 25.7 Å². The summed E-state index contributed by atoms with van der Waals surface area (Å²) in [5, 5.41) is 21.1. The van der Waals surface area contributed by atoms with E-state index in [-0.39, 0.29) is 12.3 Å². The molecule has 2 atom stereocenters. The Kier molecular flexibility index (Phi) is 4.68. The standard InChI is InChI=1S/C13H19N3O3/c17-8-10-3-1-2-9(4-10)5-15-12-7-14-11(6-16-12)13(18)19/h6-7,9-10,17H,1-5,8H2,(H,15,16)(H,18,19)/t9-,10+/m0/s1. The van der Waals surface area contributed by atoms with E-state index in [2.05, 4.69) is 15.3 Å². The molecule has 6 heteroatoms. The highest BCUT2D eigenvalue weighted by atomic mass is 16.4. The van der Waals surface area contributed by atoms with Crippen LogP contribution in [0.15, 0.2) is 12.4 Å². The van der Waals surface area contributed by atoms with Crippen molar-refractivity contribution in [2.24, 2.45) is 11.8 Å². The molecule has 0 bridgehead atoms. The second-order valence-electron chi connectivity index (χ2n) is 5.05. The maximum absolute atomic E-state index is 10.6. The molecule has 6 nitrogen and oxygen atoms in total. The monoisotopic (exact) mass is 265 g/mol. The highest BCUT2D eigenvalue weighted by Crippen LogP contribution is 2.28. The first kappa shape index (κ1) is 13.7. The smallest absolute Gasteiger partial charge is 0.356 e. The minimum Gasteiger partial charge on any atom is -0.476 e. The molecule has 0 spiro atoms. The van der Waals surface area contributed by atoms with Crippen molar-refractivity contribution >= 4 is 11.8 Å². The second-order valence-corrected chi connectivity index (χ2v) is 5.05. The molecule has 0 radical (unpaired) electrons. The van der Waals surface area contributed by atoms with Crippen LogP contribution in [-0.4, -0.2) is 39.3 Å². The van der Waals surface area contributed by atoms with E-state index in [0.717, 1.165) is 32.2 Å². The summed E-state index contributed by atoms with van der Waals surface area (Å²) in [6.07, 6.45) is 7.15. The lowest BCUT2D eigenvalue weighted by atomic mass is 9.82. The molecule has 1 fully saturated rings. The molecule has 104 valence electrons. The van der Waals surface area contributed by atoms with Gasteiger partial charge in [0.25, 0.3) is 0 Å². The molecule has 1 aromatic heterocycles. The van der Waals surface area contributed by atoms with Gasteiger partial charge in [0.2, 0.25) is 0 Å². The number of carboxylic acid groups (broad SMARTS) is 1. The third-order valence-corrected chi connectivity index (χ3v) is 3.59. The van der Waals surface area contributed by atoms with E-state index in [1.54, 1.807) is 0 Å². The molecular formula is C13H19N3O3. The lowest BCUT2D eigenvalue weighted by molar-refractivity contribution is 0.0690. The number of aromatic nitrogens is 2. The normalized spacial score (nSPS) is 23.0. The third kappa shape index (κ3) is 3.89. The molecule has 0 amide bonds. The second kappa shape index (κ2) is 6.47. The number of nitrogens with zero attached hydrogens (tertiary/aromatic N) is 2. The van der Waals surface area contributed by atoms with E-state index >= 15 is 0 Å². The van der Waals surface area contributed by atoms with E-state index in [1.807, 2.05) is 0 Å². The first-order chi connectivity index (χ1) is 9.19. The number of carboxylic acids is 1. The fraction of sp³-hybridized carbons (Fsp3) is 0.615. The maximum Gasteiger partial charge on any atom is 0.356 e. The van der Waals surface area contributed by atoms with Gasteiger partial charge in [-0.3, -0.25) is 0 Å². The average molecular weight is 265 g/mol. The van der Waals surface area contributed by atoms with Gasteiger partial charge in [-0.2, -0.15) is 0 Å². The average Bonchev–Trinajstić information content (AvgIpc) is 2.46. The van der Waals surface area contributed by atoms with Crippen LogP contribution < -0.4 is 5.32 Å². The number of anilines is 1.